The largest absolute Gasteiger partial charge is 0.496 e. The Kier molecular flexibility index (Phi) is 9.60. The highest BCUT2D eigenvalue weighted by Crippen LogP contribution is 2.47. The molecule has 0 saturated carbocycles. The summed E-state index contributed by atoms with van der Waals surface area (Å²) in [6.07, 6.45) is 1.67. The number of nitrogens with zero attached hydrogens (tertiary/aromatic N) is 1. The molecule has 0 N–H and O–H groups in total. The standard InChI is InChI=1S/C30H41NO6/c1-9-36-25(32)13-11-12-24-27(30(33)37-10-2)31(24)26(22-14-18(3)28(34-7)19(4)15-22)23-16-20(5)29(35-8)21(6)17-23/h14-17,24,26-27H,9-13H2,1-8H3/t24-,27-,31?/m1/s1. The third kappa shape index (κ3) is 6.27. The Morgan fingerprint density at radius 1 is 0.811 bits per heavy atom. The summed E-state index contributed by atoms with van der Waals surface area (Å²) in [5, 5.41) is 0. The van der Waals surface area contributed by atoms with Crippen molar-refractivity contribution in [1.82, 2.24) is 4.90 Å². The molecular weight excluding hydrogens is 470 g/mol. The summed E-state index contributed by atoms with van der Waals surface area (Å²) in [7, 11) is 3.37. The number of hydrogen-bond acceptors (Lipinski definition) is 7. The molecule has 1 fully saturated rings. The molecular formula is C30H41NO6. The van der Waals surface area contributed by atoms with E-state index in [4.69, 9.17) is 18.9 Å². The molecule has 3 rings (SSSR count). The third-order valence-electron chi connectivity index (χ3n) is 7.00. The van der Waals surface area contributed by atoms with Crippen LogP contribution in [0.1, 0.15) is 72.5 Å². The molecule has 1 heterocycles. The minimum Gasteiger partial charge on any atom is -0.496 e. The van der Waals surface area contributed by atoms with Gasteiger partial charge in [0.2, 0.25) is 0 Å². The lowest BCUT2D eigenvalue weighted by Crippen LogP contribution is -2.21. The highest BCUT2D eigenvalue weighted by Gasteiger charge is 2.56. The molecule has 0 spiro atoms. The fraction of sp³-hybridized carbons (Fsp3) is 0.533. The molecule has 0 aliphatic carbocycles. The highest BCUT2D eigenvalue weighted by molar-refractivity contribution is 5.80. The van der Waals surface area contributed by atoms with Gasteiger partial charge < -0.3 is 18.9 Å². The Morgan fingerprint density at radius 3 is 1.68 bits per heavy atom. The summed E-state index contributed by atoms with van der Waals surface area (Å²) in [4.78, 5) is 27.2. The molecule has 2 aromatic carbocycles. The van der Waals surface area contributed by atoms with Gasteiger partial charge in [0.05, 0.1) is 33.5 Å². The first-order valence-corrected chi connectivity index (χ1v) is 13.1. The van der Waals surface area contributed by atoms with Gasteiger partial charge in [-0.2, -0.15) is 0 Å². The van der Waals surface area contributed by atoms with Crippen LogP contribution in [0.15, 0.2) is 24.3 Å². The van der Waals surface area contributed by atoms with Crippen LogP contribution >= 0.6 is 0 Å². The van der Waals surface area contributed by atoms with Crippen molar-refractivity contribution in [1.29, 1.82) is 0 Å². The van der Waals surface area contributed by atoms with Gasteiger partial charge in [-0.25, -0.2) is 0 Å². The Bertz CT molecular complexity index is 1020. The fourth-order valence-electron chi connectivity index (χ4n) is 5.62. The summed E-state index contributed by atoms with van der Waals surface area (Å²) in [6, 6.07) is 7.97. The van der Waals surface area contributed by atoms with Crippen LogP contribution in [-0.2, 0) is 19.1 Å². The molecule has 7 nitrogen and oxygen atoms in total. The van der Waals surface area contributed by atoms with Crippen molar-refractivity contribution in [2.24, 2.45) is 0 Å². The van der Waals surface area contributed by atoms with Gasteiger partial charge in [0.15, 0.2) is 0 Å². The van der Waals surface area contributed by atoms with Crippen LogP contribution in [0, 0.1) is 27.7 Å². The second-order valence-electron chi connectivity index (χ2n) is 9.69. The van der Waals surface area contributed by atoms with E-state index in [1.54, 1.807) is 21.1 Å². The van der Waals surface area contributed by atoms with Crippen molar-refractivity contribution in [3.63, 3.8) is 0 Å². The van der Waals surface area contributed by atoms with Gasteiger partial charge in [0, 0.05) is 12.5 Å². The van der Waals surface area contributed by atoms with E-state index in [-0.39, 0.29) is 30.1 Å². The number of hydrogen-bond donors (Lipinski definition) is 0. The Hall–Kier alpha value is -3.06. The van der Waals surface area contributed by atoms with E-state index in [1.807, 2.05) is 34.6 Å². The van der Waals surface area contributed by atoms with Crippen LogP contribution in [-0.4, -0.2) is 56.4 Å². The zero-order chi connectivity index (χ0) is 27.3. The predicted molar refractivity (Wildman–Crippen MR) is 143 cm³/mol. The highest BCUT2D eigenvalue weighted by atomic mass is 16.5. The van der Waals surface area contributed by atoms with E-state index in [2.05, 4.69) is 29.2 Å². The van der Waals surface area contributed by atoms with Crippen molar-refractivity contribution >= 4 is 11.9 Å². The van der Waals surface area contributed by atoms with Gasteiger partial charge in [0.1, 0.15) is 17.5 Å². The summed E-state index contributed by atoms with van der Waals surface area (Å²) in [5.41, 5.74) is 6.33. The smallest absolute Gasteiger partial charge is 0.325 e. The second-order valence-corrected chi connectivity index (χ2v) is 9.69. The average Bonchev–Trinajstić information content (AvgIpc) is 3.52. The van der Waals surface area contributed by atoms with Gasteiger partial charge >= 0.3 is 11.9 Å². The van der Waals surface area contributed by atoms with Crippen molar-refractivity contribution in [2.45, 2.75) is 78.9 Å². The molecule has 1 unspecified atom stereocenters. The molecule has 0 bridgehead atoms. The summed E-state index contributed by atoms with van der Waals surface area (Å²) in [6.45, 7) is 12.5. The van der Waals surface area contributed by atoms with Crippen LogP contribution in [0.4, 0.5) is 0 Å². The van der Waals surface area contributed by atoms with Crippen LogP contribution < -0.4 is 9.47 Å². The number of carbonyl (C=O) groups is 2. The van der Waals surface area contributed by atoms with E-state index in [0.717, 1.165) is 44.9 Å². The molecule has 1 aliphatic heterocycles. The fourth-order valence-corrected chi connectivity index (χ4v) is 5.62. The maximum atomic E-state index is 13.1. The SMILES string of the molecule is CCOC(=O)CCC[C@@H]1[C@H](C(=O)OCC)N1C(c1cc(C)c(OC)c(C)c1)c1cc(C)c(OC)c(C)c1. The van der Waals surface area contributed by atoms with Crippen molar-refractivity contribution in [3.05, 3.63) is 57.6 Å². The lowest BCUT2D eigenvalue weighted by atomic mass is 9.92. The first-order valence-electron chi connectivity index (χ1n) is 13.1. The first-order chi connectivity index (χ1) is 17.7. The Labute approximate surface area is 221 Å². The third-order valence-corrected chi connectivity index (χ3v) is 7.00. The lowest BCUT2D eigenvalue weighted by Gasteiger charge is -2.25. The lowest BCUT2D eigenvalue weighted by molar-refractivity contribution is -0.144. The number of ether oxygens (including phenoxy) is 4. The Balaban J connectivity index is 2.06. The molecule has 7 heteroatoms. The first kappa shape index (κ1) is 28.5. The number of benzene rings is 2. The Morgan fingerprint density at radius 2 is 1.27 bits per heavy atom. The van der Waals surface area contributed by atoms with E-state index >= 15 is 0 Å². The van der Waals surface area contributed by atoms with Crippen LogP contribution in [0.3, 0.4) is 0 Å². The molecule has 1 saturated heterocycles. The molecule has 202 valence electrons. The van der Waals surface area contributed by atoms with Gasteiger partial charge in [0.25, 0.3) is 0 Å². The van der Waals surface area contributed by atoms with E-state index in [9.17, 15) is 9.59 Å². The summed E-state index contributed by atoms with van der Waals surface area (Å²) in [5.74, 6) is 1.30. The normalized spacial score (nSPS) is 18.5. The van der Waals surface area contributed by atoms with Gasteiger partial charge in [-0.1, -0.05) is 24.3 Å². The summed E-state index contributed by atoms with van der Waals surface area (Å²) < 4.78 is 21.8. The zero-order valence-corrected chi connectivity index (χ0v) is 23.5. The molecule has 2 aromatic rings. The molecule has 0 amide bonds. The van der Waals surface area contributed by atoms with E-state index < -0.39 is 0 Å². The maximum Gasteiger partial charge on any atom is 0.325 e. The second kappa shape index (κ2) is 12.5. The number of carbonyl (C=O) groups excluding carboxylic acids is 2. The number of esters is 2. The predicted octanol–water partition coefficient (Wildman–Crippen LogP) is 5.38. The number of aryl methyl sites for hydroxylation is 4. The van der Waals surface area contributed by atoms with Crippen molar-refractivity contribution < 1.29 is 28.5 Å². The zero-order valence-electron chi connectivity index (χ0n) is 23.5. The minimum atomic E-state index is -0.377. The number of rotatable bonds is 12. The van der Waals surface area contributed by atoms with Gasteiger partial charge in [-0.05, 0) is 87.8 Å². The van der Waals surface area contributed by atoms with Crippen molar-refractivity contribution in [2.75, 3.05) is 27.4 Å². The average molecular weight is 512 g/mol. The minimum absolute atomic E-state index is 0.0381. The maximum absolute atomic E-state index is 13.1. The van der Waals surface area contributed by atoms with Crippen molar-refractivity contribution in [3.8, 4) is 11.5 Å². The quantitative estimate of drug-likeness (QED) is 0.280. The van der Waals surface area contributed by atoms with E-state index in [0.29, 0.717) is 32.5 Å². The monoisotopic (exact) mass is 511 g/mol. The summed E-state index contributed by atoms with van der Waals surface area (Å²) >= 11 is 0. The van der Waals surface area contributed by atoms with Crippen LogP contribution in [0.5, 0.6) is 11.5 Å². The molecule has 1 aliphatic rings. The van der Waals surface area contributed by atoms with Crippen LogP contribution in [0.2, 0.25) is 0 Å². The molecule has 3 atom stereocenters. The van der Waals surface area contributed by atoms with E-state index in [1.165, 1.54) is 0 Å². The molecule has 0 radical (unpaired) electrons. The topological polar surface area (TPSA) is 74.1 Å². The van der Waals surface area contributed by atoms with Gasteiger partial charge in [-0.15, -0.1) is 0 Å². The molecule has 37 heavy (non-hydrogen) atoms. The van der Waals surface area contributed by atoms with Crippen LogP contribution in [0.25, 0.3) is 0 Å². The van der Waals surface area contributed by atoms with Gasteiger partial charge in [-0.3, -0.25) is 14.5 Å². The molecule has 0 aromatic heterocycles. The number of methoxy groups -OCH3 is 2.